The Bertz CT molecular complexity index is 986. The fraction of sp³-hybridized carbons (Fsp3) is 0.400. The first-order valence-corrected chi connectivity index (χ1v) is 11.3. The average molecular weight is 454 g/mol. The lowest BCUT2D eigenvalue weighted by atomic mass is 9.87. The highest BCUT2D eigenvalue weighted by molar-refractivity contribution is 5.97. The average Bonchev–Trinajstić information content (AvgIpc) is 2.88. The number of piperidine rings is 1. The molecule has 4 rings (SSSR count). The molecule has 3 amide bonds. The van der Waals surface area contributed by atoms with E-state index in [0.29, 0.717) is 57.8 Å². The van der Waals surface area contributed by atoms with Gasteiger partial charge in [-0.15, -0.1) is 0 Å². The molecule has 2 heterocycles. The molecule has 0 saturated carbocycles. The fourth-order valence-electron chi connectivity index (χ4n) is 4.42. The number of nitrogens with one attached hydrogen (secondary N) is 1. The minimum Gasteiger partial charge on any atom is -0.378 e. The van der Waals surface area contributed by atoms with Crippen LogP contribution in [0.4, 0.5) is 4.39 Å². The molecule has 0 bridgehead atoms. The SMILES string of the molecule is O=C(NC(C(=O)N1CCOCC1)C1CCN(C(=O)c2ccccc2F)CC1)c1ccccc1. The molecule has 0 aromatic heterocycles. The lowest BCUT2D eigenvalue weighted by Gasteiger charge is -2.38. The Kier molecular flexibility index (Phi) is 7.34. The molecule has 0 radical (unpaired) electrons. The van der Waals surface area contributed by atoms with Gasteiger partial charge in [0, 0.05) is 31.7 Å². The summed E-state index contributed by atoms with van der Waals surface area (Å²) < 4.78 is 19.4. The van der Waals surface area contributed by atoms with E-state index in [-0.39, 0.29) is 29.2 Å². The van der Waals surface area contributed by atoms with E-state index in [1.165, 1.54) is 12.1 Å². The van der Waals surface area contributed by atoms with E-state index in [0.717, 1.165) is 0 Å². The van der Waals surface area contributed by atoms with Crippen molar-refractivity contribution in [3.05, 3.63) is 71.5 Å². The molecule has 7 nitrogen and oxygen atoms in total. The van der Waals surface area contributed by atoms with Crippen LogP contribution in [0.5, 0.6) is 0 Å². The summed E-state index contributed by atoms with van der Waals surface area (Å²) in [6, 6.07) is 14.1. The maximum absolute atomic E-state index is 14.1. The van der Waals surface area contributed by atoms with Crippen molar-refractivity contribution in [1.82, 2.24) is 15.1 Å². The molecule has 8 heteroatoms. The van der Waals surface area contributed by atoms with Gasteiger partial charge in [0.1, 0.15) is 11.9 Å². The summed E-state index contributed by atoms with van der Waals surface area (Å²) in [6.45, 7) is 2.71. The van der Waals surface area contributed by atoms with Crippen LogP contribution < -0.4 is 5.32 Å². The second-order valence-corrected chi connectivity index (χ2v) is 8.36. The summed E-state index contributed by atoms with van der Waals surface area (Å²) in [5.41, 5.74) is 0.540. The molecular weight excluding hydrogens is 425 g/mol. The number of amides is 3. The van der Waals surface area contributed by atoms with Gasteiger partial charge in [-0.25, -0.2) is 4.39 Å². The van der Waals surface area contributed by atoms with Crippen molar-refractivity contribution in [2.75, 3.05) is 39.4 Å². The van der Waals surface area contributed by atoms with E-state index < -0.39 is 11.9 Å². The number of ether oxygens (including phenoxy) is 1. The normalized spacial score (nSPS) is 18.0. The predicted octanol–water partition coefficient (Wildman–Crippen LogP) is 2.34. The predicted molar refractivity (Wildman–Crippen MR) is 120 cm³/mol. The maximum Gasteiger partial charge on any atom is 0.256 e. The Labute approximate surface area is 192 Å². The molecule has 33 heavy (non-hydrogen) atoms. The largest absolute Gasteiger partial charge is 0.378 e. The first-order chi connectivity index (χ1) is 16.0. The second-order valence-electron chi connectivity index (χ2n) is 8.36. The number of nitrogens with zero attached hydrogens (tertiary/aromatic N) is 2. The van der Waals surface area contributed by atoms with Crippen LogP contribution in [0.2, 0.25) is 0 Å². The number of carbonyl (C=O) groups is 3. The zero-order valence-electron chi connectivity index (χ0n) is 18.4. The summed E-state index contributed by atoms with van der Waals surface area (Å²) in [5, 5.41) is 2.95. The van der Waals surface area contributed by atoms with Crippen molar-refractivity contribution in [1.29, 1.82) is 0 Å². The van der Waals surface area contributed by atoms with Gasteiger partial charge in [0.2, 0.25) is 5.91 Å². The Balaban J connectivity index is 1.46. The number of carbonyl (C=O) groups excluding carboxylic acids is 3. The van der Waals surface area contributed by atoms with E-state index in [4.69, 9.17) is 4.74 Å². The van der Waals surface area contributed by atoms with Crippen LogP contribution in [0.1, 0.15) is 33.6 Å². The van der Waals surface area contributed by atoms with Crippen LogP contribution in [0.3, 0.4) is 0 Å². The van der Waals surface area contributed by atoms with Crippen LogP contribution in [0.15, 0.2) is 54.6 Å². The standard InChI is InChI=1S/C25H28FN3O4/c26-21-9-5-4-8-20(21)24(31)28-12-10-18(11-13-28)22(25(32)29-14-16-33-17-15-29)27-23(30)19-6-2-1-3-7-19/h1-9,18,22H,10-17H2,(H,27,30). The highest BCUT2D eigenvalue weighted by Gasteiger charge is 2.37. The maximum atomic E-state index is 14.1. The Morgan fingerprint density at radius 2 is 1.52 bits per heavy atom. The molecule has 2 saturated heterocycles. The Morgan fingerprint density at radius 1 is 0.879 bits per heavy atom. The summed E-state index contributed by atoms with van der Waals surface area (Å²) in [4.78, 5) is 42.4. The lowest BCUT2D eigenvalue weighted by Crippen LogP contribution is -2.56. The highest BCUT2D eigenvalue weighted by atomic mass is 19.1. The number of likely N-dealkylation sites (tertiary alicyclic amines) is 1. The molecule has 2 aliphatic heterocycles. The first kappa shape index (κ1) is 22.9. The number of hydrogen-bond acceptors (Lipinski definition) is 4. The summed E-state index contributed by atoms with van der Waals surface area (Å²) in [6.07, 6.45) is 1.08. The summed E-state index contributed by atoms with van der Waals surface area (Å²) in [7, 11) is 0. The number of rotatable bonds is 5. The number of morpholine rings is 1. The fourth-order valence-corrected chi connectivity index (χ4v) is 4.42. The van der Waals surface area contributed by atoms with Gasteiger partial charge in [-0.05, 0) is 43.0 Å². The molecule has 2 aliphatic rings. The highest BCUT2D eigenvalue weighted by Crippen LogP contribution is 2.25. The lowest BCUT2D eigenvalue weighted by molar-refractivity contribution is -0.139. The third kappa shape index (κ3) is 5.39. The van der Waals surface area contributed by atoms with Gasteiger partial charge in [0.15, 0.2) is 0 Å². The van der Waals surface area contributed by atoms with E-state index in [2.05, 4.69) is 5.32 Å². The van der Waals surface area contributed by atoms with Crippen LogP contribution in [0, 0.1) is 11.7 Å². The summed E-state index contributed by atoms with van der Waals surface area (Å²) in [5.74, 6) is -1.44. The van der Waals surface area contributed by atoms with Gasteiger partial charge in [-0.1, -0.05) is 30.3 Å². The van der Waals surface area contributed by atoms with E-state index in [1.54, 1.807) is 46.2 Å². The smallest absolute Gasteiger partial charge is 0.256 e. The van der Waals surface area contributed by atoms with Gasteiger partial charge in [0.05, 0.1) is 18.8 Å². The number of benzene rings is 2. The van der Waals surface area contributed by atoms with Crippen molar-refractivity contribution in [3.8, 4) is 0 Å². The molecule has 0 spiro atoms. The summed E-state index contributed by atoms with van der Waals surface area (Å²) >= 11 is 0. The van der Waals surface area contributed by atoms with E-state index in [1.807, 2.05) is 6.07 Å². The topological polar surface area (TPSA) is 79.0 Å². The van der Waals surface area contributed by atoms with Gasteiger partial charge in [-0.3, -0.25) is 14.4 Å². The minimum atomic E-state index is -0.693. The number of hydrogen-bond donors (Lipinski definition) is 1. The molecule has 174 valence electrons. The molecule has 0 aliphatic carbocycles. The van der Waals surface area contributed by atoms with Crippen molar-refractivity contribution in [3.63, 3.8) is 0 Å². The molecule has 2 aromatic rings. The molecular formula is C25H28FN3O4. The first-order valence-electron chi connectivity index (χ1n) is 11.3. The van der Waals surface area contributed by atoms with Crippen LogP contribution in [-0.2, 0) is 9.53 Å². The second kappa shape index (κ2) is 10.6. The van der Waals surface area contributed by atoms with Crippen molar-refractivity contribution in [2.24, 2.45) is 5.92 Å². The van der Waals surface area contributed by atoms with Crippen molar-refractivity contribution < 1.29 is 23.5 Å². The van der Waals surface area contributed by atoms with Gasteiger partial charge >= 0.3 is 0 Å². The van der Waals surface area contributed by atoms with Gasteiger partial charge < -0.3 is 19.9 Å². The molecule has 1 unspecified atom stereocenters. The van der Waals surface area contributed by atoms with E-state index in [9.17, 15) is 18.8 Å². The number of halogens is 1. The van der Waals surface area contributed by atoms with Gasteiger partial charge in [0.25, 0.3) is 11.8 Å². The molecule has 2 fully saturated rings. The zero-order chi connectivity index (χ0) is 23.2. The Hall–Kier alpha value is -3.26. The molecule has 1 atom stereocenters. The van der Waals surface area contributed by atoms with Crippen molar-refractivity contribution in [2.45, 2.75) is 18.9 Å². The Morgan fingerprint density at radius 3 is 2.18 bits per heavy atom. The quantitative estimate of drug-likeness (QED) is 0.754. The zero-order valence-corrected chi connectivity index (χ0v) is 18.4. The monoisotopic (exact) mass is 453 g/mol. The van der Waals surface area contributed by atoms with Crippen LogP contribution in [0.25, 0.3) is 0 Å². The van der Waals surface area contributed by atoms with Crippen molar-refractivity contribution >= 4 is 17.7 Å². The minimum absolute atomic E-state index is 0.0503. The van der Waals surface area contributed by atoms with E-state index >= 15 is 0 Å². The van der Waals surface area contributed by atoms with Gasteiger partial charge in [-0.2, -0.15) is 0 Å². The molecule has 2 aromatic carbocycles. The molecule has 1 N–H and O–H groups in total. The third-order valence-corrected chi connectivity index (χ3v) is 6.31. The van der Waals surface area contributed by atoms with Crippen LogP contribution in [-0.4, -0.2) is 73.0 Å². The van der Waals surface area contributed by atoms with Crippen LogP contribution >= 0.6 is 0 Å². The third-order valence-electron chi connectivity index (χ3n) is 6.31.